The summed E-state index contributed by atoms with van der Waals surface area (Å²) in [6, 6.07) is 25.5. The molecule has 0 atom stereocenters. The maximum atomic E-state index is 13.6. The predicted octanol–water partition coefficient (Wildman–Crippen LogP) is 6.62. The average molecular weight is 564 g/mol. The molecule has 0 unspecified atom stereocenters. The summed E-state index contributed by atoms with van der Waals surface area (Å²) in [5.74, 6) is -1.00. The fourth-order valence-corrected chi connectivity index (χ4v) is 5.60. The minimum atomic E-state index is -0.994. The summed E-state index contributed by atoms with van der Waals surface area (Å²) in [7, 11) is 0. The Balaban J connectivity index is 1.71. The van der Waals surface area contributed by atoms with E-state index in [9.17, 15) is 14.7 Å². The third-order valence-electron chi connectivity index (χ3n) is 7.71. The molecule has 1 aliphatic heterocycles. The van der Waals surface area contributed by atoms with Crippen LogP contribution in [0.5, 0.6) is 0 Å². The van der Waals surface area contributed by atoms with E-state index in [0.717, 1.165) is 63.1 Å². The molecule has 42 heavy (non-hydrogen) atoms. The van der Waals surface area contributed by atoms with Gasteiger partial charge in [-0.2, -0.15) is 0 Å². The van der Waals surface area contributed by atoms with E-state index in [0.29, 0.717) is 26.3 Å². The summed E-state index contributed by atoms with van der Waals surface area (Å²) in [5.41, 5.74) is 7.88. The van der Waals surface area contributed by atoms with Crippen molar-refractivity contribution in [2.24, 2.45) is 0 Å². The van der Waals surface area contributed by atoms with Crippen LogP contribution in [0.4, 0.5) is 0 Å². The standard InChI is InChI=1S/C35H37N3O4/c1-4-9-30-29-17-16-27(35(40)41)22-32(29)38(23-33(39)37-18-20-42-21-19-37)34(30)26-11-6-8-13-31(36-25(3)14-15-26)28-12-7-5-10-24(28)2/h5-8,10-17,22H,4,9,18-21,23H2,1-3H3,(H,40,41). The minimum Gasteiger partial charge on any atom is -0.478 e. The minimum absolute atomic E-state index is 0.0104. The number of amides is 1. The lowest BCUT2D eigenvalue weighted by molar-refractivity contribution is -0.135. The van der Waals surface area contributed by atoms with E-state index in [-0.39, 0.29) is 18.0 Å². The third-order valence-corrected chi connectivity index (χ3v) is 7.71. The number of nitrogens with zero attached hydrogens (tertiary/aromatic N) is 3. The van der Waals surface area contributed by atoms with Gasteiger partial charge in [0.1, 0.15) is 6.54 Å². The van der Waals surface area contributed by atoms with Gasteiger partial charge in [-0.3, -0.25) is 9.78 Å². The summed E-state index contributed by atoms with van der Waals surface area (Å²) in [6.45, 7) is 8.43. The molecule has 216 valence electrons. The highest BCUT2D eigenvalue weighted by Crippen LogP contribution is 2.35. The van der Waals surface area contributed by atoms with Crippen LogP contribution in [0.15, 0.2) is 78.9 Å². The molecule has 0 spiro atoms. The van der Waals surface area contributed by atoms with Crippen molar-refractivity contribution in [1.29, 1.82) is 0 Å². The molecule has 1 saturated heterocycles. The zero-order chi connectivity index (χ0) is 29.6. The number of carbonyl (C=O) groups is 2. The van der Waals surface area contributed by atoms with Gasteiger partial charge in [0.25, 0.3) is 0 Å². The Labute approximate surface area is 246 Å². The van der Waals surface area contributed by atoms with Crippen molar-refractivity contribution in [2.75, 3.05) is 26.3 Å². The highest BCUT2D eigenvalue weighted by atomic mass is 16.5. The van der Waals surface area contributed by atoms with Gasteiger partial charge in [0.05, 0.1) is 35.7 Å². The molecule has 0 radical (unpaired) electrons. The molecule has 0 bridgehead atoms. The fourth-order valence-electron chi connectivity index (χ4n) is 5.60. The van der Waals surface area contributed by atoms with Crippen molar-refractivity contribution < 1.29 is 19.4 Å². The number of ether oxygens (including phenoxy) is 1. The van der Waals surface area contributed by atoms with Crippen LogP contribution in [0.1, 0.15) is 40.5 Å². The van der Waals surface area contributed by atoms with E-state index in [2.05, 4.69) is 32.0 Å². The fraction of sp³-hybridized carbons (Fsp3) is 0.286. The van der Waals surface area contributed by atoms with Gasteiger partial charge in [-0.25, -0.2) is 4.79 Å². The lowest BCUT2D eigenvalue weighted by Gasteiger charge is -2.27. The largest absolute Gasteiger partial charge is 0.478 e. The van der Waals surface area contributed by atoms with Crippen molar-refractivity contribution in [3.63, 3.8) is 0 Å². The summed E-state index contributed by atoms with van der Waals surface area (Å²) < 4.78 is 7.46. The molecule has 1 amide bonds. The summed E-state index contributed by atoms with van der Waals surface area (Å²) >= 11 is 0. The number of fused-ring (bicyclic) bond motifs is 1. The van der Waals surface area contributed by atoms with E-state index >= 15 is 0 Å². The number of carbonyl (C=O) groups excluding carboxylic acids is 1. The second-order valence-electron chi connectivity index (χ2n) is 10.7. The van der Waals surface area contributed by atoms with E-state index in [1.54, 1.807) is 12.1 Å². The number of carboxylic acid groups (broad SMARTS) is 1. The molecule has 2 aromatic heterocycles. The number of aromatic carboxylic acids is 1. The molecule has 3 heterocycles. The van der Waals surface area contributed by atoms with Crippen molar-refractivity contribution in [3.8, 4) is 22.5 Å². The van der Waals surface area contributed by atoms with Crippen LogP contribution in [-0.4, -0.2) is 57.7 Å². The summed E-state index contributed by atoms with van der Waals surface area (Å²) in [5, 5.41) is 10.7. The molecular weight excluding hydrogens is 526 g/mol. The number of hydrogen-bond donors (Lipinski definition) is 1. The van der Waals surface area contributed by atoms with E-state index in [1.807, 2.05) is 64.9 Å². The number of benzene rings is 2. The summed E-state index contributed by atoms with van der Waals surface area (Å²) in [6.07, 6.45) is 1.69. The van der Waals surface area contributed by atoms with Gasteiger partial charge in [0.15, 0.2) is 0 Å². The van der Waals surface area contributed by atoms with Gasteiger partial charge in [-0.05, 0) is 61.2 Å². The van der Waals surface area contributed by atoms with Crippen LogP contribution in [0.25, 0.3) is 33.4 Å². The summed E-state index contributed by atoms with van der Waals surface area (Å²) in [4.78, 5) is 32.3. The molecule has 5 rings (SSSR count). The van der Waals surface area contributed by atoms with Gasteiger partial charge in [-0.15, -0.1) is 0 Å². The smallest absolute Gasteiger partial charge is 0.335 e. The first-order valence-corrected chi connectivity index (χ1v) is 14.5. The number of carboxylic acids is 1. The second-order valence-corrected chi connectivity index (χ2v) is 10.7. The molecule has 0 saturated carbocycles. The maximum absolute atomic E-state index is 13.6. The van der Waals surface area contributed by atoms with Crippen LogP contribution in [-0.2, 0) is 22.5 Å². The highest BCUT2D eigenvalue weighted by Gasteiger charge is 2.24. The molecule has 1 aliphatic rings. The van der Waals surface area contributed by atoms with Gasteiger partial charge >= 0.3 is 5.97 Å². The Morgan fingerprint density at radius 2 is 1.67 bits per heavy atom. The highest BCUT2D eigenvalue weighted by molar-refractivity contribution is 5.98. The number of aryl methyl sites for hydroxylation is 3. The lowest BCUT2D eigenvalue weighted by atomic mass is 10.0. The van der Waals surface area contributed by atoms with Crippen molar-refractivity contribution in [2.45, 2.75) is 40.2 Å². The predicted molar refractivity (Wildman–Crippen MR) is 166 cm³/mol. The molecule has 1 fully saturated rings. The maximum Gasteiger partial charge on any atom is 0.335 e. The molecule has 2 aromatic carbocycles. The number of rotatable bonds is 7. The second kappa shape index (κ2) is 13.0. The SMILES string of the molecule is CCCc1c(-c2ccccc(-c3ccccc3C)nc(C)cc2)n(CC(=O)N2CCOCC2)c2cc(C(=O)O)ccc12. The Kier molecular flexibility index (Phi) is 8.98. The Hall–Kier alpha value is -4.49. The average Bonchev–Trinajstić information content (AvgIpc) is 3.29. The molecule has 1 N–H and O–H groups in total. The molecule has 0 aliphatic carbocycles. The van der Waals surface area contributed by atoms with Crippen molar-refractivity contribution in [1.82, 2.24) is 14.5 Å². The first kappa shape index (κ1) is 29.0. The first-order chi connectivity index (χ1) is 20.4. The Morgan fingerprint density at radius 1 is 0.929 bits per heavy atom. The van der Waals surface area contributed by atoms with Crippen molar-refractivity contribution in [3.05, 3.63) is 101 Å². The number of aromatic nitrogens is 2. The topological polar surface area (TPSA) is 84.7 Å². The number of hydrogen-bond acceptors (Lipinski definition) is 4. The zero-order valence-electron chi connectivity index (χ0n) is 24.5. The van der Waals surface area contributed by atoms with Gasteiger partial charge in [-0.1, -0.05) is 67.9 Å². The van der Waals surface area contributed by atoms with E-state index < -0.39 is 5.97 Å². The third kappa shape index (κ3) is 6.21. The Bertz CT molecular complexity index is 1680. The zero-order valence-corrected chi connectivity index (χ0v) is 24.5. The number of morpholine rings is 1. The molecule has 7 nitrogen and oxygen atoms in total. The Morgan fingerprint density at radius 3 is 2.40 bits per heavy atom. The monoisotopic (exact) mass is 563 g/mol. The quantitative estimate of drug-likeness (QED) is 0.273. The van der Waals surface area contributed by atoms with Gasteiger partial charge in [0, 0.05) is 29.7 Å². The van der Waals surface area contributed by atoms with E-state index in [1.165, 1.54) is 0 Å². The normalized spacial score (nSPS) is 13.2. The van der Waals surface area contributed by atoms with Gasteiger partial charge < -0.3 is 19.3 Å². The van der Waals surface area contributed by atoms with Crippen LogP contribution in [0.2, 0.25) is 0 Å². The van der Waals surface area contributed by atoms with E-state index in [4.69, 9.17) is 9.72 Å². The molecule has 7 heteroatoms. The lowest BCUT2D eigenvalue weighted by Crippen LogP contribution is -2.42. The van der Waals surface area contributed by atoms with Gasteiger partial charge in [0.2, 0.25) is 5.91 Å². The molecular formula is C35H37N3O4. The molecule has 4 aromatic rings. The van der Waals surface area contributed by atoms with Crippen LogP contribution >= 0.6 is 0 Å². The van der Waals surface area contributed by atoms with Crippen LogP contribution < -0.4 is 0 Å². The first-order valence-electron chi connectivity index (χ1n) is 14.5. The van der Waals surface area contributed by atoms with Crippen molar-refractivity contribution >= 4 is 22.8 Å². The van der Waals surface area contributed by atoms with Crippen LogP contribution in [0.3, 0.4) is 0 Å². The van der Waals surface area contributed by atoms with Crippen LogP contribution in [0, 0.1) is 13.8 Å².